The predicted octanol–water partition coefficient (Wildman–Crippen LogP) is 4.00. The van der Waals surface area contributed by atoms with E-state index < -0.39 is 0 Å². The third-order valence-corrected chi connectivity index (χ3v) is 4.86. The molecule has 5 heteroatoms. The molecule has 2 aliphatic heterocycles. The number of aromatic amines is 1. The number of nitrogens with one attached hydrogen (secondary N) is 1. The first-order chi connectivity index (χ1) is 10.6. The van der Waals surface area contributed by atoms with Gasteiger partial charge in [0.15, 0.2) is 0 Å². The zero-order valence-corrected chi connectivity index (χ0v) is 13.1. The molecule has 1 aromatic carbocycles. The van der Waals surface area contributed by atoms with Crippen molar-refractivity contribution in [1.82, 2.24) is 14.8 Å². The summed E-state index contributed by atoms with van der Waals surface area (Å²) < 4.78 is 2.51. The van der Waals surface area contributed by atoms with Crippen LogP contribution < -0.4 is 5.56 Å². The second kappa shape index (κ2) is 4.81. The Hall–Kier alpha value is -2.40. The summed E-state index contributed by atoms with van der Waals surface area (Å²) in [5, 5.41) is 6.55. The van der Waals surface area contributed by atoms with Gasteiger partial charge in [-0.3, -0.25) is 4.79 Å². The second-order valence-electron chi connectivity index (χ2n) is 5.68. The Morgan fingerprint density at radius 3 is 2.68 bits per heavy atom. The average Bonchev–Trinajstić information content (AvgIpc) is 3.12. The standard InChI is InChI=1S/C17H15N3OS/c1-10(2)11-3-5-12(6-4-11)20-17(21)13-9-18-14-7-8-22-16(14)15(13)19-20/h3-10,18H,1-2H3. The van der Waals surface area contributed by atoms with E-state index in [0.717, 1.165) is 21.6 Å². The maximum Gasteiger partial charge on any atom is 0.282 e. The van der Waals surface area contributed by atoms with E-state index >= 15 is 0 Å². The highest BCUT2D eigenvalue weighted by Crippen LogP contribution is 2.30. The lowest BCUT2D eigenvalue weighted by Gasteiger charge is -2.06. The number of thiophene rings is 1. The summed E-state index contributed by atoms with van der Waals surface area (Å²) in [4.78, 5) is 15.8. The van der Waals surface area contributed by atoms with Gasteiger partial charge in [-0.05, 0) is 35.1 Å². The molecule has 1 aromatic heterocycles. The molecule has 2 aliphatic rings. The van der Waals surface area contributed by atoms with Crippen LogP contribution in [0.3, 0.4) is 0 Å². The number of nitrogens with zero attached hydrogens (tertiary/aromatic N) is 2. The van der Waals surface area contributed by atoms with Gasteiger partial charge in [0.1, 0.15) is 5.69 Å². The number of pyridine rings is 1. The Labute approximate surface area is 131 Å². The second-order valence-corrected chi connectivity index (χ2v) is 6.59. The lowest BCUT2D eigenvalue weighted by Crippen LogP contribution is -2.14. The van der Waals surface area contributed by atoms with Crippen LogP contribution in [0.25, 0.3) is 27.2 Å². The van der Waals surface area contributed by atoms with E-state index in [1.807, 2.05) is 23.6 Å². The first-order valence-electron chi connectivity index (χ1n) is 7.23. The molecule has 0 spiro atoms. The quantitative estimate of drug-likeness (QED) is 0.608. The number of H-pyrrole nitrogens is 1. The minimum atomic E-state index is -0.0844. The number of aromatic nitrogens is 3. The largest absolute Gasteiger partial charge is 0.360 e. The molecular formula is C17H15N3OS. The Morgan fingerprint density at radius 2 is 1.95 bits per heavy atom. The minimum absolute atomic E-state index is 0.0844. The molecule has 4 rings (SSSR count). The molecule has 3 heterocycles. The van der Waals surface area contributed by atoms with Gasteiger partial charge in [-0.1, -0.05) is 26.0 Å². The molecule has 0 fully saturated rings. The van der Waals surface area contributed by atoms with Crippen LogP contribution in [0.5, 0.6) is 0 Å². The average molecular weight is 309 g/mol. The monoisotopic (exact) mass is 309 g/mol. The van der Waals surface area contributed by atoms with Crippen LogP contribution in [0, 0.1) is 0 Å². The van der Waals surface area contributed by atoms with Crippen molar-refractivity contribution in [3.05, 3.63) is 57.8 Å². The van der Waals surface area contributed by atoms with Crippen molar-refractivity contribution in [2.75, 3.05) is 0 Å². The van der Waals surface area contributed by atoms with Gasteiger partial charge in [-0.15, -0.1) is 11.3 Å². The minimum Gasteiger partial charge on any atom is -0.360 e. The molecule has 0 saturated carbocycles. The van der Waals surface area contributed by atoms with E-state index in [2.05, 4.69) is 36.1 Å². The molecule has 0 saturated heterocycles. The van der Waals surface area contributed by atoms with Crippen molar-refractivity contribution < 1.29 is 0 Å². The number of benzene rings is 1. The van der Waals surface area contributed by atoms with Crippen LogP contribution >= 0.6 is 11.3 Å². The molecular weight excluding hydrogens is 294 g/mol. The summed E-state index contributed by atoms with van der Waals surface area (Å²) in [6.45, 7) is 4.30. The zero-order valence-electron chi connectivity index (χ0n) is 12.3. The topological polar surface area (TPSA) is 50.7 Å². The number of fused-ring (bicyclic) bond motifs is 3. The smallest absolute Gasteiger partial charge is 0.282 e. The highest BCUT2D eigenvalue weighted by molar-refractivity contribution is 7.17. The van der Waals surface area contributed by atoms with Gasteiger partial charge in [0.2, 0.25) is 0 Å². The molecule has 0 unspecified atom stereocenters. The Balaban J connectivity index is 1.93. The Bertz CT molecular complexity index is 975. The van der Waals surface area contributed by atoms with Crippen molar-refractivity contribution in [2.24, 2.45) is 0 Å². The third-order valence-electron chi connectivity index (χ3n) is 3.93. The molecule has 2 aromatic rings. The molecule has 0 aliphatic carbocycles. The summed E-state index contributed by atoms with van der Waals surface area (Å²) in [5.41, 5.74) is 4.37. The summed E-state index contributed by atoms with van der Waals surface area (Å²) >= 11 is 1.59. The fraction of sp³-hybridized carbons (Fsp3) is 0.176. The first kappa shape index (κ1) is 13.3. The lowest BCUT2D eigenvalue weighted by molar-refractivity contribution is 0.844. The molecule has 22 heavy (non-hydrogen) atoms. The van der Waals surface area contributed by atoms with Gasteiger partial charge in [0.05, 0.1) is 21.5 Å². The number of hydrogen-bond donors (Lipinski definition) is 1. The van der Waals surface area contributed by atoms with E-state index in [1.54, 1.807) is 17.5 Å². The Kier molecular flexibility index (Phi) is 2.90. The summed E-state index contributed by atoms with van der Waals surface area (Å²) in [6.07, 6.45) is 1.75. The van der Waals surface area contributed by atoms with E-state index in [4.69, 9.17) is 0 Å². The molecule has 1 N–H and O–H groups in total. The summed E-state index contributed by atoms with van der Waals surface area (Å²) in [6, 6.07) is 10.0. The zero-order chi connectivity index (χ0) is 15.3. The van der Waals surface area contributed by atoms with E-state index in [0.29, 0.717) is 11.5 Å². The first-order valence-corrected chi connectivity index (χ1v) is 8.11. The van der Waals surface area contributed by atoms with Crippen molar-refractivity contribution in [1.29, 1.82) is 0 Å². The SMILES string of the molecule is CC(C)c1ccc(-n2nc3c4sccc4[nH]cc-3c2=O)cc1. The fourth-order valence-electron chi connectivity index (χ4n) is 2.64. The van der Waals surface area contributed by atoms with Crippen LogP contribution in [-0.2, 0) is 0 Å². The van der Waals surface area contributed by atoms with E-state index in [1.165, 1.54) is 10.2 Å². The van der Waals surface area contributed by atoms with Crippen molar-refractivity contribution >= 4 is 21.6 Å². The van der Waals surface area contributed by atoms with Gasteiger partial charge >= 0.3 is 0 Å². The third kappa shape index (κ3) is 1.89. The maximum absolute atomic E-state index is 12.6. The summed E-state index contributed by atoms with van der Waals surface area (Å²) in [7, 11) is 0. The molecule has 0 atom stereocenters. The van der Waals surface area contributed by atoms with Crippen molar-refractivity contribution in [3.8, 4) is 16.9 Å². The van der Waals surface area contributed by atoms with Crippen molar-refractivity contribution in [3.63, 3.8) is 0 Å². The van der Waals surface area contributed by atoms with Gasteiger partial charge in [0, 0.05) is 6.20 Å². The number of rotatable bonds is 2. The van der Waals surface area contributed by atoms with Crippen LogP contribution in [0.1, 0.15) is 25.3 Å². The fourth-order valence-corrected chi connectivity index (χ4v) is 3.50. The van der Waals surface area contributed by atoms with Crippen LogP contribution in [0.15, 0.2) is 46.7 Å². The van der Waals surface area contributed by atoms with E-state index in [-0.39, 0.29) is 5.56 Å². The van der Waals surface area contributed by atoms with Crippen LogP contribution in [0.2, 0.25) is 0 Å². The van der Waals surface area contributed by atoms with Crippen LogP contribution in [0.4, 0.5) is 0 Å². The van der Waals surface area contributed by atoms with Gasteiger partial charge in [-0.25, -0.2) is 0 Å². The van der Waals surface area contributed by atoms with E-state index in [9.17, 15) is 4.79 Å². The molecule has 0 bridgehead atoms. The lowest BCUT2D eigenvalue weighted by atomic mass is 10.0. The molecule has 0 amide bonds. The summed E-state index contributed by atoms with van der Waals surface area (Å²) in [5.74, 6) is 0.470. The van der Waals surface area contributed by atoms with Crippen LogP contribution in [-0.4, -0.2) is 14.8 Å². The molecule has 4 nitrogen and oxygen atoms in total. The molecule has 110 valence electrons. The molecule has 0 radical (unpaired) electrons. The number of hydrogen-bond acceptors (Lipinski definition) is 3. The highest BCUT2D eigenvalue weighted by atomic mass is 32.1. The van der Waals surface area contributed by atoms with Crippen molar-refractivity contribution in [2.45, 2.75) is 19.8 Å². The van der Waals surface area contributed by atoms with Gasteiger partial charge < -0.3 is 4.98 Å². The van der Waals surface area contributed by atoms with Gasteiger partial charge in [0.25, 0.3) is 5.56 Å². The normalized spacial score (nSPS) is 11.8. The Morgan fingerprint density at radius 1 is 1.18 bits per heavy atom. The maximum atomic E-state index is 12.6. The van der Waals surface area contributed by atoms with Gasteiger partial charge in [-0.2, -0.15) is 9.78 Å². The predicted molar refractivity (Wildman–Crippen MR) is 90.3 cm³/mol. The highest BCUT2D eigenvalue weighted by Gasteiger charge is 2.19.